The van der Waals surface area contributed by atoms with Gasteiger partial charge >= 0.3 is 0 Å². The SMILES string of the molecule is C=C/C=C(\C=C(/C)CO)CN(C(=O)CC1=CC=C(C)CC=C1)C1CCN(CCC(C)(C)C)CC1. The van der Waals surface area contributed by atoms with E-state index in [9.17, 15) is 9.90 Å². The van der Waals surface area contributed by atoms with Crippen LogP contribution in [0.2, 0.25) is 0 Å². The van der Waals surface area contributed by atoms with Crippen LogP contribution in [0.25, 0.3) is 0 Å². The lowest BCUT2D eigenvalue weighted by atomic mass is 9.91. The Hall–Kier alpha value is -2.17. The molecule has 1 heterocycles. The van der Waals surface area contributed by atoms with Crippen molar-refractivity contribution in [3.8, 4) is 0 Å². The van der Waals surface area contributed by atoms with E-state index in [0.717, 1.165) is 55.6 Å². The third-order valence-corrected chi connectivity index (χ3v) is 6.57. The third-order valence-electron chi connectivity index (χ3n) is 6.57. The zero-order valence-electron chi connectivity index (χ0n) is 22.1. The van der Waals surface area contributed by atoms with Crippen molar-refractivity contribution in [3.63, 3.8) is 0 Å². The van der Waals surface area contributed by atoms with E-state index in [2.05, 4.69) is 68.4 Å². The summed E-state index contributed by atoms with van der Waals surface area (Å²) >= 11 is 0. The quantitative estimate of drug-likeness (QED) is 0.402. The van der Waals surface area contributed by atoms with E-state index >= 15 is 0 Å². The maximum atomic E-state index is 13.6. The molecule has 0 atom stereocenters. The van der Waals surface area contributed by atoms with Crippen molar-refractivity contribution in [1.82, 2.24) is 9.80 Å². The van der Waals surface area contributed by atoms with Crippen molar-refractivity contribution in [2.75, 3.05) is 32.8 Å². The Morgan fingerprint density at radius 1 is 1.26 bits per heavy atom. The van der Waals surface area contributed by atoms with Gasteiger partial charge in [0, 0.05) is 25.7 Å². The van der Waals surface area contributed by atoms with Gasteiger partial charge in [-0.05, 0) is 68.2 Å². The number of piperidine rings is 1. The summed E-state index contributed by atoms with van der Waals surface area (Å²) in [4.78, 5) is 18.3. The molecule has 1 N–H and O–H groups in total. The monoisotopic (exact) mass is 466 g/mol. The number of carbonyl (C=O) groups excluding carboxylic acids is 1. The predicted molar refractivity (Wildman–Crippen MR) is 145 cm³/mol. The summed E-state index contributed by atoms with van der Waals surface area (Å²) in [5, 5.41) is 9.52. The van der Waals surface area contributed by atoms with E-state index in [1.54, 1.807) is 6.08 Å². The highest BCUT2D eigenvalue weighted by molar-refractivity contribution is 5.80. The molecule has 2 rings (SSSR count). The molecule has 4 nitrogen and oxygen atoms in total. The maximum absolute atomic E-state index is 13.6. The second kappa shape index (κ2) is 13.7. The summed E-state index contributed by atoms with van der Waals surface area (Å²) in [5.74, 6) is 0.169. The number of rotatable bonds is 10. The van der Waals surface area contributed by atoms with Crippen LogP contribution in [0.4, 0.5) is 0 Å². The molecule has 1 fully saturated rings. The molecule has 0 aromatic heterocycles. The first-order valence-electron chi connectivity index (χ1n) is 12.8. The molecular formula is C30H46N2O2. The molecule has 0 spiro atoms. The fourth-order valence-electron chi connectivity index (χ4n) is 4.39. The summed E-state index contributed by atoms with van der Waals surface area (Å²) in [7, 11) is 0. The highest BCUT2D eigenvalue weighted by Crippen LogP contribution is 2.24. The van der Waals surface area contributed by atoms with Gasteiger partial charge < -0.3 is 14.9 Å². The molecule has 0 bridgehead atoms. The van der Waals surface area contributed by atoms with Crippen LogP contribution in [0.5, 0.6) is 0 Å². The lowest BCUT2D eigenvalue weighted by Crippen LogP contribution is -2.48. The number of carbonyl (C=O) groups is 1. The Kier molecular flexibility index (Phi) is 11.3. The molecule has 0 aromatic carbocycles. The van der Waals surface area contributed by atoms with Gasteiger partial charge in [0.25, 0.3) is 0 Å². The van der Waals surface area contributed by atoms with E-state index in [0.29, 0.717) is 18.4 Å². The average molecular weight is 467 g/mol. The first kappa shape index (κ1) is 28.1. The Morgan fingerprint density at radius 2 is 1.97 bits per heavy atom. The van der Waals surface area contributed by atoms with Crippen molar-refractivity contribution < 1.29 is 9.90 Å². The zero-order valence-corrected chi connectivity index (χ0v) is 22.1. The van der Waals surface area contributed by atoms with Gasteiger partial charge in [-0.2, -0.15) is 0 Å². The normalized spacial score (nSPS) is 18.9. The number of amides is 1. The fraction of sp³-hybridized carbons (Fsp3) is 0.567. The smallest absolute Gasteiger partial charge is 0.227 e. The highest BCUT2D eigenvalue weighted by atomic mass is 16.3. The van der Waals surface area contributed by atoms with Gasteiger partial charge in [-0.15, -0.1) is 0 Å². The predicted octanol–water partition coefficient (Wildman–Crippen LogP) is 5.99. The largest absolute Gasteiger partial charge is 0.392 e. The second-order valence-electron chi connectivity index (χ2n) is 11.1. The number of aliphatic hydroxyl groups is 1. The van der Waals surface area contributed by atoms with Crippen LogP contribution in [-0.2, 0) is 4.79 Å². The standard InChI is InChI=1S/C30H46N2O2/c1-7-9-27(20-25(3)23-33)22-32(29(34)21-26-11-8-10-24(2)12-13-26)28-14-17-31(18-15-28)19-16-30(4,5)6/h7-9,11-13,20,28,33H,1,10,14-19,21-23H2,2-6H3/b25-20+,27-9+. The van der Waals surface area contributed by atoms with E-state index in [1.165, 1.54) is 12.0 Å². The molecular weight excluding hydrogens is 420 g/mol. The summed E-state index contributed by atoms with van der Waals surface area (Å²) in [6, 6.07) is 0.224. The van der Waals surface area contributed by atoms with Gasteiger partial charge in [0.1, 0.15) is 0 Å². The molecule has 34 heavy (non-hydrogen) atoms. The molecule has 2 aliphatic rings. The Labute approximate surface area is 208 Å². The van der Waals surface area contributed by atoms with Gasteiger partial charge in [-0.25, -0.2) is 0 Å². The molecule has 1 aliphatic heterocycles. The van der Waals surface area contributed by atoms with Crippen molar-refractivity contribution in [3.05, 3.63) is 71.4 Å². The van der Waals surface area contributed by atoms with Crippen LogP contribution in [0, 0.1) is 5.41 Å². The number of hydrogen-bond acceptors (Lipinski definition) is 3. The van der Waals surface area contributed by atoms with Gasteiger partial charge in [0.2, 0.25) is 5.91 Å². The van der Waals surface area contributed by atoms with Crippen LogP contribution in [0.1, 0.15) is 66.7 Å². The minimum absolute atomic E-state index is 0.0119. The third kappa shape index (κ3) is 9.99. The van der Waals surface area contributed by atoms with Gasteiger partial charge in [0.05, 0.1) is 13.0 Å². The van der Waals surface area contributed by atoms with Crippen molar-refractivity contribution >= 4 is 5.91 Å². The van der Waals surface area contributed by atoms with Crippen LogP contribution in [0.3, 0.4) is 0 Å². The van der Waals surface area contributed by atoms with Crippen molar-refractivity contribution in [1.29, 1.82) is 0 Å². The Morgan fingerprint density at radius 3 is 2.59 bits per heavy atom. The average Bonchev–Trinajstić information content (AvgIpc) is 2.99. The van der Waals surface area contributed by atoms with Crippen molar-refractivity contribution in [2.24, 2.45) is 5.41 Å². The lowest BCUT2D eigenvalue weighted by Gasteiger charge is -2.39. The Balaban J connectivity index is 2.17. The fourth-order valence-corrected chi connectivity index (χ4v) is 4.39. The molecule has 1 saturated heterocycles. The van der Waals surface area contributed by atoms with E-state index in [1.807, 2.05) is 19.1 Å². The minimum Gasteiger partial charge on any atom is -0.392 e. The molecule has 0 unspecified atom stereocenters. The molecule has 188 valence electrons. The van der Waals surface area contributed by atoms with E-state index in [-0.39, 0.29) is 18.6 Å². The maximum Gasteiger partial charge on any atom is 0.227 e. The molecule has 1 amide bonds. The number of hydrogen-bond donors (Lipinski definition) is 1. The molecule has 0 radical (unpaired) electrons. The van der Waals surface area contributed by atoms with Crippen LogP contribution >= 0.6 is 0 Å². The molecule has 0 aromatic rings. The second-order valence-corrected chi connectivity index (χ2v) is 11.1. The van der Waals surface area contributed by atoms with Gasteiger partial charge in [0.15, 0.2) is 0 Å². The van der Waals surface area contributed by atoms with Crippen LogP contribution in [0.15, 0.2) is 71.4 Å². The summed E-state index contributed by atoms with van der Waals surface area (Å²) < 4.78 is 0. The first-order valence-corrected chi connectivity index (χ1v) is 12.8. The van der Waals surface area contributed by atoms with Gasteiger partial charge in [-0.1, -0.05) is 75.5 Å². The number of likely N-dealkylation sites (tertiary alicyclic amines) is 1. The zero-order chi connectivity index (χ0) is 25.1. The molecule has 1 aliphatic carbocycles. The Bertz CT molecular complexity index is 844. The lowest BCUT2D eigenvalue weighted by molar-refractivity contribution is -0.133. The van der Waals surface area contributed by atoms with E-state index < -0.39 is 0 Å². The topological polar surface area (TPSA) is 43.8 Å². The number of nitrogens with zero attached hydrogens (tertiary/aromatic N) is 2. The molecule has 4 heteroatoms. The minimum atomic E-state index is 0.0119. The van der Waals surface area contributed by atoms with Crippen molar-refractivity contribution in [2.45, 2.75) is 72.8 Å². The van der Waals surface area contributed by atoms with E-state index in [4.69, 9.17) is 0 Å². The highest BCUT2D eigenvalue weighted by Gasteiger charge is 2.29. The number of aliphatic hydroxyl groups excluding tert-OH is 1. The number of allylic oxidation sites excluding steroid dienone is 7. The first-order chi connectivity index (χ1) is 16.1. The van der Waals surface area contributed by atoms with Crippen LogP contribution in [-0.4, -0.2) is 59.6 Å². The summed E-state index contributed by atoms with van der Waals surface area (Å²) in [6.07, 6.45) is 18.7. The summed E-state index contributed by atoms with van der Waals surface area (Å²) in [5.41, 5.74) is 4.59. The van der Waals surface area contributed by atoms with Crippen LogP contribution < -0.4 is 0 Å². The van der Waals surface area contributed by atoms with Gasteiger partial charge in [-0.3, -0.25) is 4.79 Å². The molecule has 0 saturated carbocycles. The summed E-state index contributed by atoms with van der Waals surface area (Å²) in [6.45, 7) is 18.5.